The van der Waals surface area contributed by atoms with Crippen molar-refractivity contribution in [3.05, 3.63) is 0 Å². The first-order valence-electron chi connectivity index (χ1n) is 28.4. The van der Waals surface area contributed by atoms with Crippen LogP contribution in [0.25, 0.3) is 94.7 Å². The molecular weight excluding hydrogens is 915 g/mol. The summed E-state index contributed by atoms with van der Waals surface area (Å²) in [7, 11) is 64.0. The fourth-order valence-corrected chi connectivity index (χ4v) is 14.4. The Bertz CT molecular complexity index is 4360. The average Bonchev–Trinajstić information content (AvgIpc) is 3.91. The molecule has 3 aromatic heterocycles. The van der Waals surface area contributed by atoms with E-state index in [2.05, 4.69) is 224 Å². The molecular formula is C45H56B28N4O. The third-order valence-electron chi connectivity index (χ3n) is 21.3. The maximum atomic E-state index is 7.39. The summed E-state index contributed by atoms with van der Waals surface area (Å²) in [5.74, 6) is 2.07. The van der Waals surface area contributed by atoms with Crippen molar-refractivity contribution in [1.29, 1.82) is 0 Å². The second-order valence-corrected chi connectivity index (χ2v) is 24.3. The normalized spacial score (nSPS) is 11.7. The minimum absolute atomic E-state index is 0.668. The lowest BCUT2D eigenvalue weighted by Gasteiger charge is -2.27. The molecule has 78 heavy (non-hydrogen) atoms. The van der Waals surface area contributed by atoms with Gasteiger partial charge < -0.3 is 8.98 Å². The van der Waals surface area contributed by atoms with E-state index in [1.807, 2.05) is 0 Å². The van der Waals surface area contributed by atoms with Crippen LogP contribution in [0, 0.1) is 0 Å². The van der Waals surface area contributed by atoms with E-state index in [4.69, 9.17) is 19.4 Å². The summed E-state index contributed by atoms with van der Waals surface area (Å²) in [4.78, 5) is 17.0. The van der Waals surface area contributed by atoms with Crippen molar-refractivity contribution in [3.8, 4) is 51.0 Å². The van der Waals surface area contributed by atoms with Gasteiger partial charge in [-0.15, -0.1) is 49.2 Å². The molecule has 0 fully saturated rings. The van der Waals surface area contributed by atoms with Crippen LogP contribution in [0.3, 0.4) is 0 Å². The van der Waals surface area contributed by atoms with Crippen molar-refractivity contribution in [2.24, 2.45) is 0 Å². The number of furan rings is 1. The maximum absolute atomic E-state index is 7.39. The van der Waals surface area contributed by atoms with Crippen LogP contribution in [0.1, 0.15) is 0 Å². The minimum atomic E-state index is 0.668. The predicted octanol–water partition coefficient (Wildman–Crippen LogP) is -37.2. The van der Waals surface area contributed by atoms with Crippen LogP contribution < -0.4 is 153 Å². The highest BCUT2D eigenvalue weighted by atomic mass is 16.3. The highest BCUT2D eigenvalue weighted by Crippen LogP contribution is 2.31. The van der Waals surface area contributed by atoms with Gasteiger partial charge in [-0.05, 0) is 27.4 Å². The molecule has 0 saturated carbocycles. The third-order valence-corrected chi connectivity index (χ3v) is 21.3. The molecule has 0 saturated heterocycles. The monoisotopic (exact) mass is 977 g/mol. The van der Waals surface area contributed by atoms with E-state index < -0.39 is 0 Å². The van der Waals surface area contributed by atoms with Gasteiger partial charge in [0.1, 0.15) is 231 Å². The van der Waals surface area contributed by atoms with Crippen LogP contribution in [0.5, 0.6) is 0 Å². The molecule has 0 N–H and O–H groups in total. The number of benzene rings is 7. The minimum Gasteiger partial charge on any atom is -0.457 e. The first-order chi connectivity index (χ1) is 36.4. The molecule has 3 heterocycles. The summed E-state index contributed by atoms with van der Waals surface area (Å²) in [6.45, 7) is 0. The molecule has 0 bridgehead atoms. The largest absolute Gasteiger partial charge is 0.457 e. The van der Waals surface area contributed by atoms with Crippen molar-refractivity contribution >= 4 is 416 Å². The molecule has 33 heteroatoms. The molecule has 0 radical (unpaired) electrons. The number of rotatable bonds is 5. The average molecular weight is 972 g/mol. The molecule has 5 nitrogen and oxygen atoms in total. The summed E-state index contributed by atoms with van der Waals surface area (Å²) < 4.78 is 10.0. The van der Waals surface area contributed by atoms with Crippen LogP contribution in [0.2, 0.25) is 0 Å². The van der Waals surface area contributed by atoms with E-state index in [1.54, 1.807) is 0 Å². The van der Waals surface area contributed by atoms with Gasteiger partial charge in [0.2, 0.25) is 0 Å². The van der Waals surface area contributed by atoms with Crippen molar-refractivity contribution in [2.75, 3.05) is 0 Å². The van der Waals surface area contributed by atoms with Gasteiger partial charge in [0.05, 0.1) is 0 Å². The molecule has 0 unspecified atom stereocenters. The number of hydrogen-bond acceptors (Lipinski definition) is 4. The highest BCUT2D eigenvalue weighted by Gasteiger charge is 2.31. The highest BCUT2D eigenvalue weighted by molar-refractivity contribution is 6.75. The van der Waals surface area contributed by atoms with Crippen LogP contribution in [0.15, 0.2) is 4.42 Å². The Morgan fingerprint density at radius 1 is 0.205 bits per heavy atom. The lowest BCUT2D eigenvalue weighted by atomic mass is 9.56. The van der Waals surface area contributed by atoms with E-state index in [-0.39, 0.29) is 0 Å². The Balaban J connectivity index is 1.33. The lowest BCUT2D eigenvalue weighted by molar-refractivity contribution is 0.674. The Morgan fingerprint density at radius 3 is 0.872 bits per heavy atom. The molecule has 0 aliphatic heterocycles. The van der Waals surface area contributed by atoms with Gasteiger partial charge in [0.25, 0.3) is 0 Å². The zero-order chi connectivity index (χ0) is 57.4. The molecule has 0 atom stereocenters. The lowest BCUT2D eigenvalue weighted by Crippen LogP contribution is -2.57. The van der Waals surface area contributed by atoms with E-state index in [1.165, 1.54) is 181 Å². The van der Waals surface area contributed by atoms with Crippen LogP contribution in [0.4, 0.5) is 0 Å². The van der Waals surface area contributed by atoms with Gasteiger partial charge in [0, 0.05) is 44.2 Å². The zero-order valence-electron chi connectivity index (χ0n) is 52.7. The number of aromatic nitrogens is 4. The van der Waals surface area contributed by atoms with E-state index in [0.717, 1.165) is 49.6 Å². The number of hydrogen-bond donors (Lipinski definition) is 0. The van der Waals surface area contributed by atoms with Gasteiger partial charge in [-0.2, -0.15) is 0 Å². The smallest absolute Gasteiger partial charge is 0.163 e. The van der Waals surface area contributed by atoms with Crippen molar-refractivity contribution in [2.45, 2.75) is 0 Å². The fourth-order valence-electron chi connectivity index (χ4n) is 14.4. The SMILES string of the molecule is Bc1c(B)c(B)c(-c2nc(-c3c(B)c(B)c(B)c(-c4c(B)c(B)c(B)c(B)c4B)c3B)nc(-c3c(B)c(B)c4c(oc5c(B)c(B)c(-n6c7c(B)c(B)c(B)c(B)c7c7c(B)c(B)c(B)c(B)c76)c(B)c54)c3B)n2)c(B)c1B. The second-order valence-electron chi connectivity index (χ2n) is 24.3. The van der Waals surface area contributed by atoms with Crippen molar-refractivity contribution < 1.29 is 4.42 Å². The second kappa shape index (κ2) is 19.3. The Labute approximate surface area is 488 Å². The topological polar surface area (TPSA) is 56.7 Å². The van der Waals surface area contributed by atoms with E-state index in [0.29, 0.717) is 17.5 Å². The summed E-state index contributed by atoms with van der Waals surface area (Å²) >= 11 is 0. The summed E-state index contributed by atoms with van der Waals surface area (Å²) in [5, 5.41) is 5.10. The molecule has 10 rings (SSSR count). The summed E-state index contributed by atoms with van der Waals surface area (Å²) in [6, 6.07) is 0. The third kappa shape index (κ3) is 7.52. The quantitative estimate of drug-likeness (QED) is 0.161. The van der Waals surface area contributed by atoms with Gasteiger partial charge in [-0.1, -0.05) is 98.3 Å². The predicted molar refractivity (Wildman–Crippen MR) is 432 cm³/mol. The Kier molecular flexibility index (Phi) is 13.9. The van der Waals surface area contributed by atoms with Crippen LogP contribution >= 0.6 is 0 Å². The molecule has 0 amide bonds. The summed E-state index contributed by atoms with van der Waals surface area (Å²) in [5.41, 5.74) is 47.3. The van der Waals surface area contributed by atoms with E-state index in [9.17, 15) is 0 Å². The zero-order valence-corrected chi connectivity index (χ0v) is 52.7. The van der Waals surface area contributed by atoms with Gasteiger partial charge >= 0.3 is 0 Å². The van der Waals surface area contributed by atoms with Crippen LogP contribution in [-0.4, -0.2) is 239 Å². The Morgan fingerprint density at radius 2 is 0.462 bits per heavy atom. The Hall–Kier alpha value is -5.03. The molecule has 7 aromatic carbocycles. The van der Waals surface area contributed by atoms with Gasteiger partial charge in [0.15, 0.2) is 17.5 Å². The van der Waals surface area contributed by atoms with Crippen LogP contribution in [-0.2, 0) is 0 Å². The standard InChI is InChI=1S/C45H56B28N4O/c46-10-1(2-12(48)24(60)30(66)25(61)13(2)49)11(47)23(59)18(54)7(10)43-74-44(8-19(55)28(64)31(67)29(65)20(8)56)76-45(75-43)9-17(53)16(52)5-6-21(57)40(36(72)37(73)42(6)78-41(5)22(9)58)77-38-3(14(50)26(62)32(68)34(38)70)4-15(51)27(63)33(69)35(71)39(4)77/h46-73H2. The molecule has 10 aromatic rings. The van der Waals surface area contributed by atoms with Crippen molar-refractivity contribution in [3.63, 3.8) is 0 Å². The first kappa shape index (κ1) is 56.3. The number of fused-ring (bicyclic) bond motifs is 6. The maximum Gasteiger partial charge on any atom is 0.163 e. The summed E-state index contributed by atoms with van der Waals surface area (Å²) in [6.07, 6.45) is 0. The molecule has 0 aliphatic carbocycles. The molecule has 0 spiro atoms. The van der Waals surface area contributed by atoms with E-state index >= 15 is 0 Å². The van der Waals surface area contributed by atoms with Gasteiger partial charge in [-0.3, -0.25) is 0 Å². The van der Waals surface area contributed by atoms with Crippen molar-refractivity contribution in [1.82, 2.24) is 19.5 Å². The first-order valence-corrected chi connectivity index (χ1v) is 28.4. The molecule has 0 aliphatic rings. The fraction of sp³-hybridized carbons (Fsp3) is 0. The van der Waals surface area contributed by atoms with Gasteiger partial charge in [-0.25, -0.2) is 15.0 Å². The molecule has 346 valence electrons. The number of nitrogens with zero attached hydrogens (tertiary/aromatic N) is 4.